The first-order valence-corrected chi connectivity index (χ1v) is 15.1. The normalized spacial score (nSPS) is 15.9. The second-order valence-corrected chi connectivity index (χ2v) is 11.4. The summed E-state index contributed by atoms with van der Waals surface area (Å²) in [7, 11) is -1.61. The molecule has 1 atom stereocenters. The lowest BCUT2D eigenvalue weighted by Crippen LogP contribution is -2.46. The Morgan fingerprint density at radius 1 is 1.14 bits per heavy atom. The van der Waals surface area contributed by atoms with Crippen LogP contribution >= 0.6 is 0 Å². The summed E-state index contributed by atoms with van der Waals surface area (Å²) >= 11 is 0. The summed E-state index contributed by atoms with van der Waals surface area (Å²) in [5.74, 6) is -1.36. The minimum absolute atomic E-state index is 0.00162. The molecule has 1 saturated heterocycles. The molecule has 1 N–H and O–H groups in total. The van der Waals surface area contributed by atoms with Gasteiger partial charge in [0.15, 0.2) is 0 Å². The summed E-state index contributed by atoms with van der Waals surface area (Å²) < 4.78 is 73.6. The van der Waals surface area contributed by atoms with E-state index in [4.69, 9.17) is 4.74 Å². The van der Waals surface area contributed by atoms with Crippen molar-refractivity contribution in [3.63, 3.8) is 0 Å². The largest absolute Gasteiger partial charge is 0.445 e. The van der Waals surface area contributed by atoms with E-state index in [1.807, 2.05) is 0 Å². The summed E-state index contributed by atoms with van der Waals surface area (Å²) in [6, 6.07) is 10.6. The number of hydrogen-bond donors (Lipinski definition) is 1. The Kier molecular flexibility index (Phi) is 8.93. The standard InChI is InChI=1S/C29H28F4N6O3S/c1-43(41)27-36-23-16-39(24-4-2-3-22(30)25(24)29(31,32)33)12-8-21(23)26(37-27)19-5-6-20(18(15-19)7-9-34)17-42-28(40)38-13-10-35-11-14-38/h2-6,15,35H,7-8,10-14,16-17H2,1H3. The average molecular weight is 617 g/mol. The number of nitrogens with one attached hydrogen (secondary N) is 1. The van der Waals surface area contributed by atoms with Crippen LogP contribution in [0.25, 0.3) is 11.3 Å². The van der Waals surface area contributed by atoms with E-state index >= 15 is 0 Å². The van der Waals surface area contributed by atoms with Crippen molar-refractivity contribution in [1.29, 1.82) is 5.26 Å². The van der Waals surface area contributed by atoms with E-state index in [2.05, 4.69) is 21.4 Å². The molecule has 0 bridgehead atoms. The number of carbonyl (C=O) groups is 1. The van der Waals surface area contributed by atoms with Crippen LogP contribution in [-0.2, 0) is 47.7 Å². The molecule has 1 fully saturated rings. The highest BCUT2D eigenvalue weighted by Crippen LogP contribution is 2.40. The van der Waals surface area contributed by atoms with Crippen LogP contribution < -0.4 is 10.2 Å². The predicted molar refractivity (Wildman–Crippen MR) is 150 cm³/mol. The van der Waals surface area contributed by atoms with Gasteiger partial charge >= 0.3 is 12.3 Å². The van der Waals surface area contributed by atoms with Gasteiger partial charge in [0.25, 0.3) is 0 Å². The number of aromatic nitrogens is 2. The average Bonchev–Trinajstić information content (AvgIpc) is 2.99. The summed E-state index contributed by atoms with van der Waals surface area (Å²) in [4.78, 5) is 24.5. The Balaban J connectivity index is 1.47. The Bertz CT molecular complexity index is 1600. The van der Waals surface area contributed by atoms with Gasteiger partial charge in [-0.2, -0.15) is 18.4 Å². The third kappa shape index (κ3) is 6.62. The van der Waals surface area contributed by atoms with Gasteiger partial charge < -0.3 is 19.9 Å². The molecule has 3 aromatic rings. The Labute approximate surface area is 247 Å². The first kappa shape index (κ1) is 30.4. The number of fused-ring (bicyclic) bond motifs is 1. The molecule has 43 heavy (non-hydrogen) atoms. The second-order valence-electron chi connectivity index (χ2n) is 10.1. The Hall–Kier alpha value is -4.09. The number of carbonyl (C=O) groups excluding carboxylic acids is 1. The molecule has 0 aliphatic carbocycles. The molecule has 0 radical (unpaired) electrons. The molecule has 5 rings (SSSR count). The molecule has 226 valence electrons. The lowest BCUT2D eigenvalue weighted by Gasteiger charge is -2.33. The van der Waals surface area contributed by atoms with Crippen LogP contribution in [0, 0.1) is 17.1 Å². The molecule has 9 nitrogen and oxygen atoms in total. The van der Waals surface area contributed by atoms with Crippen LogP contribution in [0.4, 0.5) is 28.0 Å². The van der Waals surface area contributed by atoms with E-state index < -0.39 is 34.4 Å². The monoisotopic (exact) mass is 616 g/mol. The molecule has 2 aliphatic rings. The molecule has 0 saturated carbocycles. The fraction of sp³-hybridized carbons (Fsp3) is 0.379. The number of nitriles is 1. The third-order valence-corrected chi connectivity index (χ3v) is 8.09. The van der Waals surface area contributed by atoms with E-state index in [1.54, 1.807) is 23.1 Å². The zero-order valence-electron chi connectivity index (χ0n) is 23.2. The number of rotatable bonds is 6. The number of benzene rings is 2. The molecular formula is C29H28F4N6O3S. The van der Waals surface area contributed by atoms with Crippen molar-refractivity contribution in [2.75, 3.05) is 43.9 Å². The van der Waals surface area contributed by atoms with Crippen molar-refractivity contribution < 1.29 is 31.3 Å². The molecule has 2 aromatic carbocycles. The zero-order valence-corrected chi connectivity index (χ0v) is 24.0. The van der Waals surface area contributed by atoms with Crippen LogP contribution in [0.15, 0.2) is 41.6 Å². The maximum Gasteiger partial charge on any atom is 0.421 e. The minimum atomic E-state index is -4.90. The van der Waals surface area contributed by atoms with Crippen LogP contribution in [0.3, 0.4) is 0 Å². The number of alkyl halides is 3. The highest BCUT2D eigenvalue weighted by molar-refractivity contribution is 7.84. The number of piperazine rings is 1. The first-order valence-electron chi connectivity index (χ1n) is 13.5. The van der Waals surface area contributed by atoms with E-state index in [0.29, 0.717) is 59.8 Å². The molecule has 1 aromatic heterocycles. The van der Waals surface area contributed by atoms with Gasteiger partial charge in [0, 0.05) is 50.1 Å². The molecular weight excluding hydrogens is 588 g/mol. The predicted octanol–water partition coefficient (Wildman–Crippen LogP) is 4.21. The van der Waals surface area contributed by atoms with Crippen molar-refractivity contribution in [2.24, 2.45) is 0 Å². The summed E-state index contributed by atoms with van der Waals surface area (Å²) in [5, 5.41) is 12.6. The van der Waals surface area contributed by atoms with E-state index in [0.717, 1.165) is 6.07 Å². The topological polar surface area (TPSA) is 111 Å². The molecule has 3 heterocycles. The zero-order chi connectivity index (χ0) is 30.7. The molecule has 1 amide bonds. The molecule has 1 unspecified atom stereocenters. The highest BCUT2D eigenvalue weighted by atomic mass is 32.2. The van der Waals surface area contributed by atoms with Gasteiger partial charge in [-0.3, -0.25) is 4.21 Å². The summed E-state index contributed by atoms with van der Waals surface area (Å²) in [6.45, 7) is 2.47. The lowest BCUT2D eigenvalue weighted by molar-refractivity contribution is -0.139. The van der Waals surface area contributed by atoms with Gasteiger partial charge in [0.2, 0.25) is 5.16 Å². The van der Waals surface area contributed by atoms with Crippen molar-refractivity contribution in [1.82, 2.24) is 20.2 Å². The number of anilines is 1. The van der Waals surface area contributed by atoms with Gasteiger partial charge in [-0.15, -0.1) is 0 Å². The van der Waals surface area contributed by atoms with Gasteiger partial charge in [0.05, 0.1) is 46.9 Å². The number of amides is 1. The number of halogens is 4. The minimum Gasteiger partial charge on any atom is -0.445 e. The van der Waals surface area contributed by atoms with Crippen molar-refractivity contribution in [2.45, 2.75) is 37.3 Å². The highest BCUT2D eigenvalue weighted by Gasteiger charge is 2.39. The third-order valence-electron chi connectivity index (χ3n) is 7.39. The number of hydrogen-bond acceptors (Lipinski definition) is 8. The van der Waals surface area contributed by atoms with Gasteiger partial charge in [0.1, 0.15) is 18.0 Å². The van der Waals surface area contributed by atoms with Crippen LogP contribution in [0.5, 0.6) is 0 Å². The van der Waals surface area contributed by atoms with Crippen molar-refractivity contribution in [3.8, 4) is 17.3 Å². The van der Waals surface area contributed by atoms with Gasteiger partial charge in [-0.25, -0.2) is 19.2 Å². The van der Waals surface area contributed by atoms with Crippen molar-refractivity contribution in [3.05, 3.63) is 70.2 Å². The Morgan fingerprint density at radius 3 is 2.60 bits per heavy atom. The first-order chi connectivity index (χ1) is 20.6. The maximum absolute atomic E-state index is 14.3. The summed E-state index contributed by atoms with van der Waals surface area (Å²) in [6.07, 6.45) is -3.66. The SMILES string of the molecule is CS(=O)c1nc2c(c(-c3ccc(COC(=O)N4CCNCC4)c(CC#N)c3)n1)CCN(c1cccc(F)c1C(F)(F)F)C2. The van der Waals surface area contributed by atoms with Gasteiger partial charge in [-0.05, 0) is 35.7 Å². The van der Waals surface area contributed by atoms with Crippen LogP contribution in [0.1, 0.15) is 27.9 Å². The maximum atomic E-state index is 14.3. The van der Waals surface area contributed by atoms with Gasteiger partial charge in [-0.1, -0.05) is 18.2 Å². The Morgan fingerprint density at radius 2 is 1.91 bits per heavy atom. The van der Waals surface area contributed by atoms with Crippen LogP contribution in [0.2, 0.25) is 0 Å². The fourth-order valence-corrected chi connectivity index (χ4v) is 5.74. The molecule has 14 heteroatoms. The van der Waals surface area contributed by atoms with E-state index in [9.17, 15) is 31.8 Å². The molecule has 0 spiro atoms. The van der Waals surface area contributed by atoms with Crippen molar-refractivity contribution >= 4 is 22.6 Å². The quantitative estimate of drug-likeness (QED) is 0.324. The lowest BCUT2D eigenvalue weighted by atomic mass is 9.94. The number of ether oxygens (including phenoxy) is 1. The second kappa shape index (κ2) is 12.6. The molecule has 2 aliphatic heterocycles. The fourth-order valence-electron chi connectivity index (χ4n) is 5.28. The van der Waals surface area contributed by atoms with Crippen LogP contribution in [-0.4, -0.2) is 64.1 Å². The van der Waals surface area contributed by atoms with E-state index in [1.165, 1.54) is 23.3 Å². The summed E-state index contributed by atoms with van der Waals surface area (Å²) in [5.41, 5.74) is 1.72. The smallest absolute Gasteiger partial charge is 0.421 e. The number of nitrogens with zero attached hydrogens (tertiary/aromatic N) is 5. The van der Waals surface area contributed by atoms with E-state index in [-0.39, 0.29) is 43.4 Å².